The molecule has 0 unspecified atom stereocenters. The van der Waals surface area contributed by atoms with E-state index in [1.54, 1.807) is 6.92 Å². The van der Waals surface area contributed by atoms with E-state index >= 15 is 0 Å². The van der Waals surface area contributed by atoms with Gasteiger partial charge in [-0.2, -0.15) is 5.10 Å². The van der Waals surface area contributed by atoms with Crippen LogP contribution in [-0.4, -0.2) is 23.3 Å². The van der Waals surface area contributed by atoms with Gasteiger partial charge < -0.3 is 10.5 Å². The highest BCUT2D eigenvalue weighted by atomic mass is 35.5. The third-order valence-electron chi connectivity index (χ3n) is 2.11. The lowest BCUT2D eigenvalue weighted by molar-refractivity contribution is -0.384. The highest BCUT2D eigenvalue weighted by Crippen LogP contribution is 2.27. The lowest BCUT2D eigenvalue weighted by Crippen LogP contribution is -2.20. The second kappa shape index (κ2) is 7.29. The van der Waals surface area contributed by atoms with Gasteiger partial charge in [-0.3, -0.25) is 20.3 Å². The molecule has 0 aliphatic carbocycles. The topological polar surface area (TPSA) is 120 Å². The Bertz CT molecular complexity index is 547. The van der Waals surface area contributed by atoms with Gasteiger partial charge in [0.1, 0.15) is 17.9 Å². The number of nitro groups is 1. The van der Waals surface area contributed by atoms with Crippen LogP contribution in [0.5, 0.6) is 0 Å². The molecule has 1 aromatic carbocycles. The fourth-order valence-electron chi connectivity index (χ4n) is 1.29. The van der Waals surface area contributed by atoms with Crippen molar-refractivity contribution in [3.05, 3.63) is 33.3 Å². The number of nitrogens with one attached hydrogen (secondary N) is 1. The summed E-state index contributed by atoms with van der Waals surface area (Å²) < 4.78 is 4.69. The first-order chi connectivity index (χ1) is 9.43. The average molecular weight is 301 g/mol. The third kappa shape index (κ3) is 4.73. The van der Waals surface area contributed by atoms with Crippen molar-refractivity contribution < 1.29 is 14.5 Å². The molecule has 0 aromatic heterocycles. The van der Waals surface area contributed by atoms with Crippen LogP contribution in [0, 0.1) is 10.1 Å². The molecule has 8 nitrogen and oxygen atoms in total. The van der Waals surface area contributed by atoms with Crippen molar-refractivity contribution in [1.82, 2.24) is 0 Å². The first kappa shape index (κ1) is 15.7. The van der Waals surface area contributed by atoms with Crippen LogP contribution in [0.4, 0.5) is 11.4 Å². The largest absolute Gasteiger partial charge is 0.466 e. The summed E-state index contributed by atoms with van der Waals surface area (Å²) in [7, 11) is 0. The standard InChI is InChI=1S/C11H13ClN4O4/c1-2-20-11(17)6-10(13)15-14-8-5-7(12)3-4-9(8)16(18)19/h3-5,14H,2,6H2,1H3,(H2,13,15). The Hall–Kier alpha value is -2.35. The van der Waals surface area contributed by atoms with Crippen molar-refractivity contribution >= 4 is 34.8 Å². The number of anilines is 1. The van der Waals surface area contributed by atoms with Gasteiger partial charge in [0.05, 0.1) is 11.5 Å². The van der Waals surface area contributed by atoms with Gasteiger partial charge >= 0.3 is 5.97 Å². The minimum atomic E-state index is -0.588. The molecule has 0 aliphatic heterocycles. The number of benzene rings is 1. The summed E-state index contributed by atoms with van der Waals surface area (Å²) >= 11 is 5.75. The van der Waals surface area contributed by atoms with Crippen LogP contribution in [0.25, 0.3) is 0 Å². The average Bonchev–Trinajstić information content (AvgIpc) is 2.36. The van der Waals surface area contributed by atoms with E-state index in [9.17, 15) is 14.9 Å². The number of rotatable bonds is 6. The molecule has 1 rings (SSSR count). The number of carbonyl (C=O) groups excluding carboxylic acids is 1. The number of amidine groups is 1. The molecule has 0 amide bonds. The van der Waals surface area contributed by atoms with E-state index in [0.717, 1.165) is 0 Å². The van der Waals surface area contributed by atoms with Crippen molar-refractivity contribution in [2.24, 2.45) is 10.8 Å². The van der Waals surface area contributed by atoms with Crippen molar-refractivity contribution in [3.8, 4) is 0 Å². The monoisotopic (exact) mass is 300 g/mol. The lowest BCUT2D eigenvalue weighted by Gasteiger charge is -2.04. The van der Waals surface area contributed by atoms with E-state index in [1.807, 2.05) is 0 Å². The predicted molar refractivity (Wildman–Crippen MR) is 74.6 cm³/mol. The van der Waals surface area contributed by atoms with Crippen LogP contribution < -0.4 is 11.2 Å². The normalized spacial score (nSPS) is 11.0. The van der Waals surface area contributed by atoms with Gasteiger partial charge in [0.2, 0.25) is 0 Å². The fourth-order valence-corrected chi connectivity index (χ4v) is 1.46. The number of hydrogen-bond donors (Lipinski definition) is 2. The van der Waals surface area contributed by atoms with Gasteiger partial charge in [0.25, 0.3) is 5.69 Å². The minimum absolute atomic E-state index is 0.0577. The predicted octanol–water partition coefficient (Wildman–Crippen LogP) is 1.89. The van der Waals surface area contributed by atoms with E-state index in [-0.39, 0.29) is 30.2 Å². The molecular weight excluding hydrogens is 288 g/mol. The summed E-state index contributed by atoms with van der Waals surface area (Å²) in [5.41, 5.74) is 7.78. The van der Waals surface area contributed by atoms with E-state index < -0.39 is 10.9 Å². The molecule has 0 fully saturated rings. The molecule has 3 N–H and O–H groups in total. The number of ether oxygens (including phenoxy) is 1. The summed E-state index contributed by atoms with van der Waals surface area (Å²) in [6, 6.07) is 3.96. The van der Waals surface area contributed by atoms with Crippen molar-refractivity contribution in [2.45, 2.75) is 13.3 Å². The molecule has 0 heterocycles. The first-order valence-electron chi connectivity index (χ1n) is 5.61. The van der Waals surface area contributed by atoms with Crippen LogP contribution in [0.2, 0.25) is 5.02 Å². The van der Waals surface area contributed by atoms with Gasteiger partial charge in [-0.15, -0.1) is 0 Å². The molecule has 1 aromatic rings. The number of halogens is 1. The Kier molecular flexibility index (Phi) is 5.73. The molecule has 20 heavy (non-hydrogen) atoms. The Morgan fingerprint density at radius 2 is 2.30 bits per heavy atom. The molecule has 0 saturated heterocycles. The number of esters is 1. The second-order valence-electron chi connectivity index (χ2n) is 3.62. The summed E-state index contributed by atoms with van der Waals surface area (Å²) in [6.45, 7) is 1.90. The Balaban J connectivity index is 2.80. The van der Waals surface area contributed by atoms with Gasteiger partial charge in [-0.25, -0.2) is 0 Å². The maximum atomic E-state index is 11.2. The van der Waals surface area contributed by atoms with Crippen LogP contribution in [-0.2, 0) is 9.53 Å². The van der Waals surface area contributed by atoms with Crippen LogP contribution in [0.15, 0.2) is 23.3 Å². The zero-order valence-corrected chi connectivity index (χ0v) is 11.4. The number of nitro benzene ring substituents is 1. The fraction of sp³-hybridized carbons (Fsp3) is 0.273. The van der Waals surface area contributed by atoms with Crippen molar-refractivity contribution in [2.75, 3.05) is 12.0 Å². The zero-order chi connectivity index (χ0) is 15.1. The lowest BCUT2D eigenvalue weighted by atomic mass is 10.3. The van der Waals surface area contributed by atoms with Crippen LogP contribution >= 0.6 is 11.6 Å². The van der Waals surface area contributed by atoms with E-state index in [4.69, 9.17) is 17.3 Å². The van der Waals surface area contributed by atoms with Gasteiger partial charge in [0, 0.05) is 11.1 Å². The molecule has 0 spiro atoms. The minimum Gasteiger partial charge on any atom is -0.466 e. The van der Waals surface area contributed by atoms with Crippen LogP contribution in [0.1, 0.15) is 13.3 Å². The number of hydrazone groups is 1. The first-order valence-corrected chi connectivity index (χ1v) is 5.99. The second-order valence-corrected chi connectivity index (χ2v) is 4.05. The highest BCUT2D eigenvalue weighted by molar-refractivity contribution is 6.31. The maximum absolute atomic E-state index is 11.2. The SMILES string of the molecule is CCOC(=O)C/C(N)=N\Nc1cc(Cl)ccc1[N+](=O)[O-]. The van der Waals surface area contributed by atoms with Crippen molar-refractivity contribution in [1.29, 1.82) is 0 Å². The van der Waals surface area contributed by atoms with E-state index in [2.05, 4.69) is 15.3 Å². The molecule has 0 radical (unpaired) electrons. The Labute approximate surface area is 119 Å². The number of nitrogens with zero attached hydrogens (tertiary/aromatic N) is 2. The molecule has 108 valence electrons. The molecule has 9 heteroatoms. The highest BCUT2D eigenvalue weighted by Gasteiger charge is 2.14. The summed E-state index contributed by atoms with van der Waals surface area (Å²) in [5, 5.41) is 14.8. The quantitative estimate of drug-likeness (QED) is 0.272. The van der Waals surface area contributed by atoms with E-state index in [1.165, 1.54) is 18.2 Å². The Morgan fingerprint density at radius 3 is 2.90 bits per heavy atom. The van der Waals surface area contributed by atoms with Gasteiger partial charge in [-0.1, -0.05) is 11.6 Å². The summed E-state index contributed by atoms with van der Waals surface area (Å²) in [6.07, 6.45) is -0.213. The van der Waals surface area contributed by atoms with Crippen LogP contribution in [0.3, 0.4) is 0 Å². The molecule has 0 bridgehead atoms. The van der Waals surface area contributed by atoms with Crippen molar-refractivity contribution in [3.63, 3.8) is 0 Å². The summed E-state index contributed by atoms with van der Waals surface area (Å²) in [4.78, 5) is 21.4. The van der Waals surface area contributed by atoms with Gasteiger partial charge in [0.15, 0.2) is 0 Å². The smallest absolute Gasteiger partial charge is 0.313 e. The summed E-state index contributed by atoms with van der Waals surface area (Å²) in [5.74, 6) is -0.589. The molecule has 0 atom stereocenters. The Morgan fingerprint density at radius 1 is 1.60 bits per heavy atom. The number of hydrogen-bond acceptors (Lipinski definition) is 6. The zero-order valence-electron chi connectivity index (χ0n) is 10.6. The molecular formula is C11H13ClN4O4. The maximum Gasteiger partial charge on any atom is 0.313 e. The third-order valence-corrected chi connectivity index (χ3v) is 2.34. The van der Waals surface area contributed by atoms with E-state index in [0.29, 0.717) is 5.02 Å². The number of nitrogens with two attached hydrogens (primary N) is 1. The van der Waals surface area contributed by atoms with Gasteiger partial charge in [-0.05, 0) is 19.1 Å². The molecule has 0 saturated carbocycles. The number of carbonyl (C=O) groups is 1. The molecule has 0 aliphatic rings.